The highest BCUT2D eigenvalue weighted by atomic mass is 16.6. The summed E-state index contributed by atoms with van der Waals surface area (Å²) in [5.41, 5.74) is 0. The predicted molar refractivity (Wildman–Crippen MR) is 56.3 cm³/mol. The van der Waals surface area contributed by atoms with Gasteiger partial charge in [-0.2, -0.15) is 0 Å². The number of hydrogen-bond acceptors (Lipinski definition) is 5. The number of rotatable bonds is 4. The largest absolute Gasteiger partial charge is 0.442 e. The zero-order chi connectivity index (χ0) is 11.4. The molecule has 0 aliphatic carbocycles. The van der Waals surface area contributed by atoms with Gasteiger partial charge in [0.15, 0.2) is 0 Å². The van der Waals surface area contributed by atoms with E-state index < -0.39 is 0 Å². The molecule has 0 aromatic carbocycles. The number of ether oxygens (including phenoxy) is 3. The first-order chi connectivity index (χ1) is 7.74. The molecule has 2 saturated heterocycles. The van der Waals surface area contributed by atoms with Gasteiger partial charge in [0, 0.05) is 13.1 Å². The molecule has 0 aromatic heterocycles. The predicted octanol–water partition coefficient (Wildman–Crippen LogP) is -0.512. The average molecular weight is 230 g/mol. The molecule has 0 spiro atoms. The van der Waals surface area contributed by atoms with Crippen LogP contribution in [0.3, 0.4) is 0 Å². The van der Waals surface area contributed by atoms with E-state index >= 15 is 0 Å². The Morgan fingerprint density at radius 2 is 2.12 bits per heavy atom. The van der Waals surface area contributed by atoms with Crippen molar-refractivity contribution in [2.75, 3.05) is 32.8 Å². The first kappa shape index (κ1) is 11.6. The van der Waals surface area contributed by atoms with Crippen LogP contribution in [0.4, 0.5) is 4.79 Å². The van der Waals surface area contributed by atoms with E-state index in [1.165, 1.54) is 0 Å². The highest BCUT2D eigenvalue weighted by molar-refractivity contribution is 5.69. The Labute approximate surface area is 94.6 Å². The van der Waals surface area contributed by atoms with E-state index in [9.17, 15) is 4.79 Å². The second-order valence-corrected chi connectivity index (χ2v) is 4.17. The topological polar surface area (TPSA) is 68.8 Å². The molecule has 6 nitrogen and oxygen atoms in total. The number of amides is 1. The van der Waals surface area contributed by atoms with Crippen molar-refractivity contribution in [2.45, 2.75) is 25.2 Å². The van der Waals surface area contributed by atoms with Gasteiger partial charge in [0.25, 0.3) is 0 Å². The van der Waals surface area contributed by atoms with Crippen LogP contribution >= 0.6 is 0 Å². The van der Waals surface area contributed by atoms with E-state index in [1.54, 1.807) is 0 Å². The molecule has 0 aromatic rings. The molecule has 2 aliphatic heterocycles. The third-order valence-electron chi connectivity index (χ3n) is 2.58. The van der Waals surface area contributed by atoms with Crippen LogP contribution in [0.15, 0.2) is 0 Å². The summed E-state index contributed by atoms with van der Waals surface area (Å²) < 4.78 is 16.1. The van der Waals surface area contributed by atoms with Gasteiger partial charge in [-0.3, -0.25) is 0 Å². The molecule has 2 aliphatic rings. The van der Waals surface area contributed by atoms with E-state index in [-0.39, 0.29) is 24.4 Å². The molecule has 3 unspecified atom stereocenters. The van der Waals surface area contributed by atoms with Crippen molar-refractivity contribution in [3.8, 4) is 0 Å². The molecule has 2 heterocycles. The lowest BCUT2D eigenvalue weighted by atomic mass is 10.2. The minimum atomic E-state index is -0.363. The van der Waals surface area contributed by atoms with Crippen molar-refractivity contribution >= 4 is 6.09 Å². The normalized spacial score (nSPS) is 34.6. The van der Waals surface area contributed by atoms with E-state index in [2.05, 4.69) is 10.6 Å². The Bertz CT molecular complexity index is 249. The molecule has 0 bridgehead atoms. The lowest BCUT2D eigenvalue weighted by molar-refractivity contribution is -0.0767. The summed E-state index contributed by atoms with van der Waals surface area (Å²) in [6.07, 6.45) is -0.207. The molecule has 16 heavy (non-hydrogen) atoms. The van der Waals surface area contributed by atoms with Crippen molar-refractivity contribution in [1.29, 1.82) is 0 Å². The number of carbonyl (C=O) groups excluding carboxylic acids is 1. The van der Waals surface area contributed by atoms with Crippen molar-refractivity contribution in [2.24, 2.45) is 0 Å². The lowest BCUT2D eigenvalue weighted by Gasteiger charge is -2.28. The van der Waals surface area contributed by atoms with Gasteiger partial charge in [-0.25, -0.2) is 4.79 Å². The SMILES string of the molecule is CC1CNCC(COCC2CNC(=O)O2)O1. The summed E-state index contributed by atoms with van der Waals surface area (Å²) in [7, 11) is 0. The van der Waals surface area contributed by atoms with Crippen LogP contribution in [0, 0.1) is 0 Å². The van der Waals surface area contributed by atoms with E-state index in [0.717, 1.165) is 13.1 Å². The highest BCUT2D eigenvalue weighted by Gasteiger charge is 2.24. The van der Waals surface area contributed by atoms with Gasteiger partial charge in [-0.1, -0.05) is 0 Å². The quantitative estimate of drug-likeness (QED) is 0.680. The smallest absolute Gasteiger partial charge is 0.407 e. The van der Waals surface area contributed by atoms with Gasteiger partial charge in [0.2, 0.25) is 0 Å². The van der Waals surface area contributed by atoms with Gasteiger partial charge < -0.3 is 24.8 Å². The van der Waals surface area contributed by atoms with Crippen molar-refractivity contribution < 1.29 is 19.0 Å². The van der Waals surface area contributed by atoms with Gasteiger partial charge in [-0.15, -0.1) is 0 Å². The minimum absolute atomic E-state index is 0.0915. The van der Waals surface area contributed by atoms with E-state index in [0.29, 0.717) is 19.8 Å². The van der Waals surface area contributed by atoms with E-state index in [4.69, 9.17) is 14.2 Å². The zero-order valence-corrected chi connectivity index (χ0v) is 9.40. The Balaban J connectivity index is 1.58. The standard InChI is InChI=1S/C10H18N2O4/c1-7-2-11-3-8(15-7)5-14-6-9-4-12-10(13)16-9/h7-9,11H,2-6H2,1H3,(H,12,13). The molecule has 2 rings (SSSR count). The summed E-state index contributed by atoms with van der Waals surface area (Å²) in [5.74, 6) is 0. The van der Waals surface area contributed by atoms with Crippen LogP contribution in [0.25, 0.3) is 0 Å². The van der Waals surface area contributed by atoms with Gasteiger partial charge in [0.1, 0.15) is 6.10 Å². The van der Waals surface area contributed by atoms with Gasteiger partial charge in [0.05, 0.1) is 32.0 Å². The highest BCUT2D eigenvalue weighted by Crippen LogP contribution is 2.05. The summed E-state index contributed by atoms with van der Waals surface area (Å²) in [4.78, 5) is 10.7. The van der Waals surface area contributed by atoms with Gasteiger partial charge >= 0.3 is 6.09 Å². The molecule has 3 atom stereocenters. The van der Waals surface area contributed by atoms with Crippen molar-refractivity contribution in [3.05, 3.63) is 0 Å². The lowest BCUT2D eigenvalue weighted by Crippen LogP contribution is -2.45. The van der Waals surface area contributed by atoms with Crippen LogP contribution in [0.1, 0.15) is 6.92 Å². The maximum absolute atomic E-state index is 10.7. The number of carbonyl (C=O) groups is 1. The monoisotopic (exact) mass is 230 g/mol. The number of cyclic esters (lactones) is 1. The summed E-state index contributed by atoms with van der Waals surface area (Å²) in [5, 5.41) is 5.85. The first-order valence-electron chi connectivity index (χ1n) is 5.62. The molecule has 0 saturated carbocycles. The Morgan fingerprint density at radius 3 is 2.81 bits per heavy atom. The minimum Gasteiger partial charge on any atom is -0.442 e. The first-order valence-corrected chi connectivity index (χ1v) is 5.62. The molecule has 2 fully saturated rings. The average Bonchev–Trinajstić information content (AvgIpc) is 2.64. The summed E-state index contributed by atoms with van der Waals surface area (Å²) in [6.45, 7) is 5.22. The van der Waals surface area contributed by atoms with Crippen molar-refractivity contribution in [3.63, 3.8) is 0 Å². The molecule has 92 valence electrons. The number of hydrogen-bond donors (Lipinski definition) is 2. The Hall–Kier alpha value is -0.850. The maximum Gasteiger partial charge on any atom is 0.407 e. The molecule has 0 radical (unpaired) electrons. The molecular weight excluding hydrogens is 212 g/mol. The summed E-state index contributed by atoms with van der Waals surface area (Å²) in [6, 6.07) is 0. The fraction of sp³-hybridized carbons (Fsp3) is 0.900. The second kappa shape index (κ2) is 5.47. The molecule has 2 N–H and O–H groups in total. The molecule has 6 heteroatoms. The zero-order valence-electron chi connectivity index (χ0n) is 9.40. The summed E-state index contributed by atoms with van der Waals surface area (Å²) >= 11 is 0. The number of nitrogens with one attached hydrogen (secondary N) is 2. The molecule has 1 amide bonds. The Kier molecular flexibility index (Phi) is 3.98. The van der Waals surface area contributed by atoms with Crippen LogP contribution < -0.4 is 10.6 Å². The van der Waals surface area contributed by atoms with Crippen molar-refractivity contribution in [1.82, 2.24) is 10.6 Å². The third-order valence-corrected chi connectivity index (χ3v) is 2.58. The maximum atomic E-state index is 10.7. The molecular formula is C10H18N2O4. The van der Waals surface area contributed by atoms with E-state index in [1.807, 2.05) is 6.92 Å². The fourth-order valence-corrected chi connectivity index (χ4v) is 1.83. The van der Waals surface area contributed by atoms with Crippen LogP contribution in [-0.2, 0) is 14.2 Å². The van der Waals surface area contributed by atoms with Crippen LogP contribution in [-0.4, -0.2) is 57.3 Å². The van der Waals surface area contributed by atoms with Crippen LogP contribution in [0.2, 0.25) is 0 Å². The fourth-order valence-electron chi connectivity index (χ4n) is 1.83. The number of morpholine rings is 1. The Morgan fingerprint density at radius 1 is 1.31 bits per heavy atom. The number of alkyl carbamates (subject to hydrolysis) is 1. The van der Waals surface area contributed by atoms with Crippen LogP contribution in [0.5, 0.6) is 0 Å². The third kappa shape index (κ3) is 3.33. The van der Waals surface area contributed by atoms with Gasteiger partial charge in [-0.05, 0) is 6.92 Å². The second-order valence-electron chi connectivity index (χ2n) is 4.17.